The fourth-order valence-corrected chi connectivity index (χ4v) is 4.85. The molecule has 0 N–H and O–H groups in total. The van der Waals surface area contributed by atoms with Crippen molar-refractivity contribution >= 4 is 17.5 Å². The van der Waals surface area contributed by atoms with E-state index in [1.807, 2.05) is 36.4 Å². The highest BCUT2D eigenvalue weighted by atomic mass is 32.2. The van der Waals surface area contributed by atoms with Gasteiger partial charge < -0.3 is 4.74 Å². The van der Waals surface area contributed by atoms with Gasteiger partial charge in [0.15, 0.2) is 5.78 Å². The second-order valence-corrected chi connectivity index (χ2v) is 8.43. The van der Waals surface area contributed by atoms with Gasteiger partial charge in [0.25, 0.3) is 0 Å². The van der Waals surface area contributed by atoms with Crippen LogP contribution in [0.15, 0.2) is 71.3 Å². The Labute approximate surface area is 146 Å². The van der Waals surface area contributed by atoms with Crippen LogP contribution in [0.5, 0.6) is 0 Å². The lowest BCUT2D eigenvalue weighted by Crippen LogP contribution is -2.25. The van der Waals surface area contributed by atoms with Crippen molar-refractivity contribution in [3.05, 3.63) is 82.5 Å². The van der Waals surface area contributed by atoms with Gasteiger partial charge in [0.1, 0.15) is 5.76 Å². The summed E-state index contributed by atoms with van der Waals surface area (Å²) in [6.07, 6.45) is 1.39. The molecular formula is C21H20O2S. The molecular weight excluding hydrogens is 316 g/mol. The van der Waals surface area contributed by atoms with Crippen molar-refractivity contribution in [2.75, 3.05) is 0 Å². The summed E-state index contributed by atoms with van der Waals surface area (Å²) in [5.74, 6) is 1.06. The Hall–Kier alpha value is -2.00. The van der Waals surface area contributed by atoms with Crippen molar-refractivity contribution < 1.29 is 9.53 Å². The first kappa shape index (κ1) is 15.5. The minimum atomic E-state index is -0.663. The molecule has 1 aliphatic carbocycles. The van der Waals surface area contributed by atoms with Gasteiger partial charge in [-0.25, -0.2) is 0 Å². The normalized spacial score (nSPS) is 21.3. The number of ketones is 1. The quantitative estimate of drug-likeness (QED) is 0.749. The van der Waals surface area contributed by atoms with Gasteiger partial charge in [0.05, 0.1) is 4.91 Å². The van der Waals surface area contributed by atoms with E-state index in [-0.39, 0.29) is 11.2 Å². The number of ether oxygens (including phenoxy) is 1. The van der Waals surface area contributed by atoms with Gasteiger partial charge in [-0.1, -0.05) is 86.3 Å². The largest absolute Gasteiger partial charge is 0.471 e. The summed E-state index contributed by atoms with van der Waals surface area (Å²) < 4.78 is 6.55. The van der Waals surface area contributed by atoms with Crippen LogP contribution < -0.4 is 0 Å². The summed E-state index contributed by atoms with van der Waals surface area (Å²) in [5.41, 5.74) is 2.10. The molecule has 0 spiro atoms. The second-order valence-electron chi connectivity index (χ2n) is 7.25. The molecule has 122 valence electrons. The minimum absolute atomic E-state index is 0.0417. The fraction of sp³-hybridized carbons (Fsp3) is 0.286. The van der Waals surface area contributed by atoms with Gasteiger partial charge >= 0.3 is 0 Å². The van der Waals surface area contributed by atoms with Gasteiger partial charge in [0.2, 0.25) is 4.93 Å². The Kier molecular flexibility index (Phi) is 3.57. The van der Waals surface area contributed by atoms with Crippen molar-refractivity contribution in [1.29, 1.82) is 0 Å². The number of carbonyl (C=O) groups excluding carboxylic acids is 1. The third-order valence-electron chi connectivity index (χ3n) is 4.61. The average Bonchev–Trinajstić information content (AvgIpc) is 2.96. The summed E-state index contributed by atoms with van der Waals surface area (Å²) in [5, 5.41) is 0. The first-order chi connectivity index (χ1) is 11.5. The molecule has 2 aromatic rings. The number of rotatable bonds is 2. The highest BCUT2D eigenvalue weighted by molar-refractivity contribution is 8.05. The van der Waals surface area contributed by atoms with E-state index < -0.39 is 4.93 Å². The van der Waals surface area contributed by atoms with Crippen LogP contribution in [0, 0.1) is 5.41 Å². The molecule has 0 bridgehead atoms. The topological polar surface area (TPSA) is 26.3 Å². The predicted octanol–water partition coefficient (Wildman–Crippen LogP) is 5.25. The SMILES string of the molecule is CC1(C)CC(=O)C2=C(C1)OC(c1ccccc1)(c1ccccc1)S2. The Morgan fingerprint density at radius 2 is 1.42 bits per heavy atom. The molecule has 0 atom stereocenters. The fourth-order valence-electron chi connectivity index (χ4n) is 3.50. The molecule has 2 nitrogen and oxygen atoms in total. The van der Waals surface area contributed by atoms with Gasteiger partial charge in [-0.3, -0.25) is 4.79 Å². The van der Waals surface area contributed by atoms with Crippen molar-refractivity contribution in [3.8, 4) is 0 Å². The summed E-state index contributed by atoms with van der Waals surface area (Å²) >= 11 is 1.56. The van der Waals surface area contributed by atoms with Gasteiger partial charge in [-0.05, 0) is 5.41 Å². The van der Waals surface area contributed by atoms with Crippen LogP contribution in [0.3, 0.4) is 0 Å². The van der Waals surface area contributed by atoms with E-state index in [2.05, 4.69) is 38.1 Å². The molecule has 0 amide bonds. The number of benzene rings is 2. The van der Waals surface area contributed by atoms with Gasteiger partial charge in [0, 0.05) is 24.0 Å². The molecule has 1 aliphatic heterocycles. The van der Waals surface area contributed by atoms with Crippen LogP contribution in [0.1, 0.15) is 37.8 Å². The molecule has 0 aromatic heterocycles. The number of Topliss-reactive ketones (excluding diaryl/α,β-unsaturated/α-hetero) is 1. The first-order valence-electron chi connectivity index (χ1n) is 8.26. The molecule has 2 aliphatic rings. The zero-order valence-electron chi connectivity index (χ0n) is 13.9. The Bertz CT molecular complexity index is 767. The van der Waals surface area contributed by atoms with E-state index in [0.717, 1.165) is 28.2 Å². The van der Waals surface area contributed by atoms with Gasteiger partial charge in [-0.2, -0.15) is 0 Å². The summed E-state index contributed by atoms with van der Waals surface area (Å²) in [6, 6.07) is 20.4. The van der Waals surface area contributed by atoms with Gasteiger partial charge in [-0.15, -0.1) is 0 Å². The maximum Gasteiger partial charge on any atom is 0.210 e. The minimum Gasteiger partial charge on any atom is -0.471 e. The van der Waals surface area contributed by atoms with Crippen molar-refractivity contribution in [1.82, 2.24) is 0 Å². The highest BCUT2D eigenvalue weighted by Gasteiger charge is 2.50. The molecule has 0 unspecified atom stereocenters. The third kappa shape index (κ3) is 2.48. The smallest absolute Gasteiger partial charge is 0.210 e. The highest BCUT2D eigenvalue weighted by Crippen LogP contribution is 2.58. The van der Waals surface area contributed by atoms with Crippen molar-refractivity contribution in [2.45, 2.75) is 31.6 Å². The first-order valence-corrected chi connectivity index (χ1v) is 9.07. The maximum absolute atomic E-state index is 12.7. The van der Waals surface area contributed by atoms with E-state index in [4.69, 9.17) is 4.74 Å². The standard InChI is InChI=1S/C21H20O2S/c1-20(2)13-17(22)19-18(14-20)23-21(24-19,15-9-5-3-6-10-15)16-11-7-4-8-12-16/h3-12H,13-14H2,1-2H3. The molecule has 0 saturated carbocycles. The lowest BCUT2D eigenvalue weighted by Gasteiger charge is -2.31. The number of allylic oxidation sites excluding steroid dienone is 2. The van der Waals surface area contributed by atoms with E-state index in [9.17, 15) is 4.79 Å². The number of carbonyl (C=O) groups is 1. The zero-order chi connectivity index (χ0) is 16.8. The maximum atomic E-state index is 12.7. The van der Waals surface area contributed by atoms with Crippen LogP contribution in [0.4, 0.5) is 0 Å². The summed E-state index contributed by atoms with van der Waals surface area (Å²) in [6.45, 7) is 4.27. The molecule has 4 rings (SSSR count). The van der Waals surface area contributed by atoms with E-state index in [1.54, 1.807) is 11.8 Å². The van der Waals surface area contributed by atoms with E-state index in [1.165, 1.54) is 0 Å². The lowest BCUT2D eigenvalue weighted by molar-refractivity contribution is -0.117. The molecule has 1 heterocycles. The third-order valence-corrected chi connectivity index (χ3v) is 6.11. The molecule has 3 heteroatoms. The van der Waals surface area contributed by atoms with E-state index in [0.29, 0.717) is 6.42 Å². The zero-order valence-corrected chi connectivity index (χ0v) is 14.7. The average molecular weight is 336 g/mol. The molecule has 0 radical (unpaired) electrons. The molecule has 0 fully saturated rings. The molecule has 2 aromatic carbocycles. The summed E-state index contributed by atoms with van der Waals surface area (Å²) in [7, 11) is 0. The number of hydrogen-bond acceptors (Lipinski definition) is 3. The van der Waals surface area contributed by atoms with Crippen LogP contribution >= 0.6 is 11.8 Å². The Morgan fingerprint density at radius 1 is 0.875 bits per heavy atom. The van der Waals surface area contributed by atoms with E-state index >= 15 is 0 Å². The van der Waals surface area contributed by atoms with Crippen molar-refractivity contribution in [2.24, 2.45) is 5.41 Å². The Morgan fingerprint density at radius 3 is 1.96 bits per heavy atom. The molecule has 0 saturated heterocycles. The van der Waals surface area contributed by atoms with Crippen LogP contribution in [-0.2, 0) is 14.5 Å². The van der Waals surface area contributed by atoms with Crippen LogP contribution in [-0.4, -0.2) is 5.78 Å². The second kappa shape index (κ2) is 5.52. The van der Waals surface area contributed by atoms with Crippen LogP contribution in [0.25, 0.3) is 0 Å². The van der Waals surface area contributed by atoms with Crippen molar-refractivity contribution in [3.63, 3.8) is 0 Å². The number of thioether (sulfide) groups is 1. The monoisotopic (exact) mass is 336 g/mol. The van der Waals surface area contributed by atoms with Crippen LogP contribution in [0.2, 0.25) is 0 Å². The predicted molar refractivity (Wildman–Crippen MR) is 97.4 cm³/mol. The lowest BCUT2D eigenvalue weighted by atomic mass is 9.79. The summed E-state index contributed by atoms with van der Waals surface area (Å²) in [4.78, 5) is 12.8. The Balaban J connectivity index is 1.83. The molecule has 24 heavy (non-hydrogen) atoms. The number of hydrogen-bond donors (Lipinski definition) is 0.